The maximum atomic E-state index is 9.22. The van der Waals surface area contributed by atoms with E-state index in [4.69, 9.17) is 4.74 Å². The second-order valence-corrected chi connectivity index (χ2v) is 6.73. The van der Waals surface area contributed by atoms with Gasteiger partial charge < -0.3 is 4.74 Å². The minimum Gasteiger partial charge on any atom is -0.377 e. The Kier molecular flexibility index (Phi) is 6.15. The van der Waals surface area contributed by atoms with Gasteiger partial charge in [-0.3, -0.25) is 0 Å². The van der Waals surface area contributed by atoms with Gasteiger partial charge >= 0.3 is 0 Å². The molecule has 0 spiro atoms. The summed E-state index contributed by atoms with van der Waals surface area (Å²) in [6, 6.07) is 2.44. The van der Waals surface area contributed by atoms with Crippen molar-refractivity contribution in [2.45, 2.75) is 72.3 Å². The highest BCUT2D eigenvalue weighted by atomic mass is 16.5. The first-order valence-electron chi connectivity index (χ1n) is 7.50. The molecule has 0 heterocycles. The third kappa shape index (κ3) is 4.61. The normalized spacial score (nSPS) is 28.9. The van der Waals surface area contributed by atoms with Gasteiger partial charge in [0, 0.05) is 6.61 Å². The lowest BCUT2D eigenvalue weighted by molar-refractivity contribution is -0.0289. The van der Waals surface area contributed by atoms with Crippen LogP contribution in [0.25, 0.3) is 0 Å². The van der Waals surface area contributed by atoms with E-state index in [9.17, 15) is 5.26 Å². The van der Waals surface area contributed by atoms with Gasteiger partial charge in [-0.15, -0.1) is 0 Å². The molecule has 0 saturated heterocycles. The first kappa shape index (κ1) is 15.5. The molecule has 2 heteroatoms. The second-order valence-electron chi connectivity index (χ2n) is 6.73. The van der Waals surface area contributed by atoms with E-state index in [-0.39, 0.29) is 12.0 Å². The Morgan fingerprint density at radius 2 is 1.94 bits per heavy atom. The van der Waals surface area contributed by atoms with Gasteiger partial charge in [0.05, 0.1) is 18.1 Å². The summed E-state index contributed by atoms with van der Waals surface area (Å²) in [4.78, 5) is 0. The van der Waals surface area contributed by atoms with Crippen LogP contribution in [0, 0.1) is 28.6 Å². The van der Waals surface area contributed by atoms with Crippen LogP contribution in [0.4, 0.5) is 0 Å². The molecule has 0 aromatic heterocycles. The average molecular weight is 251 g/mol. The molecule has 0 aromatic rings. The Bertz CT molecular complexity index is 274. The molecule has 104 valence electrons. The largest absolute Gasteiger partial charge is 0.377 e. The summed E-state index contributed by atoms with van der Waals surface area (Å²) < 4.78 is 5.99. The van der Waals surface area contributed by atoms with Crippen molar-refractivity contribution in [3.05, 3.63) is 0 Å². The summed E-state index contributed by atoms with van der Waals surface area (Å²) in [5.74, 6) is 0.809. The van der Waals surface area contributed by atoms with Gasteiger partial charge in [-0.2, -0.15) is 5.26 Å². The molecule has 0 radical (unpaired) electrons. The van der Waals surface area contributed by atoms with Crippen LogP contribution >= 0.6 is 0 Å². The van der Waals surface area contributed by atoms with Crippen molar-refractivity contribution in [2.75, 3.05) is 6.61 Å². The van der Waals surface area contributed by atoms with Gasteiger partial charge in [0.25, 0.3) is 0 Å². The fraction of sp³-hybridized carbons (Fsp3) is 0.938. The molecule has 3 unspecified atom stereocenters. The minimum absolute atomic E-state index is 0.116. The van der Waals surface area contributed by atoms with Crippen LogP contribution < -0.4 is 0 Å². The van der Waals surface area contributed by atoms with Gasteiger partial charge in [0.1, 0.15) is 0 Å². The molecule has 18 heavy (non-hydrogen) atoms. The van der Waals surface area contributed by atoms with Crippen LogP contribution in [0.2, 0.25) is 0 Å². The summed E-state index contributed by atoms with van der Waals surface area (Å²) >= 11 is 0. The third-order valence-corrected chi connectivity index (χ3v) is 4.26. The van der Waals surface area contributed by atoms with Crippen molar-refractivity contribution in [1.29, 1.82) is 5.26 Å². The van der Waals surface area contributed by atoms with Crippen LogP contribution in [-0.4, -0.2) is 12.7 Å². The van der Waals surface area contributed by atoms with E-state index < -0.39 is 0 Å². The quantitative estimate of drug-likeness (QED) is 0.672. The molecule has 1 rings (SSSR count). The summed E-state index contributed by atoms with van der Waals surface area (Å²) in [5, 5.41) is 9.22. The molecule has 1 saturated carbocycles. The van der Waals surface area contributed by atoms with E-state index in [0.717, 1.165) is 25.9 Å². The van der Waals surface area contributed by atoms with Gasteiger partial charge in [-0.25, -0.2) is 0 Å². The van der Waals surface area contributed by atoms with Crippen molar-refractivity contribution in [3.63, 3.8) is 0 Å². The number of unbranched alkanes of at least 4 members (excludes halogenated alkanes) is 2. The first-order valence-corrected chi connectivity index (χ1v) is 7.50. The summed E-state index contributed by atoms with van der Waals surface area (Å²) in [7, 11) is 0. The van der Waals surface area contributed by atoms with Crippen LogP contribution in [0.3, 0.4) is 0 Å². The van der Waals surface area contributed by atoms with Crippen molar-refractivity contribution in [2.24, 2.45) is 17.3 Å². The molecule has 1 fully saturated rings. The number of hydrogen-bond acceptors (Lipinski definition) is 2. The van der Waals surface area contributed by atoms with E-state index in [1.54, 1.807) is 0 Å². The molecule has 0 bridgehead atoms. The lowest BCUT2D eigenvalue weighted by Crippen LogP contribution is -2.36. The smallest absolute Gasteiger partial charge is 0.0736 e. The Balaban J connectivity index is 2.47. The Hall–Kier alpha value is -0.550. The van der Waals surface area contributed by atoms with Crippen LogP contribution in [0.5, 0.6) is 0 Å². The Morgan fingerprint density at radius 1 is 1.22 bits per heavy atom. The predicted octanol–water partition coefficient (Wildman–Crippen LogP) is 4.55. The zero-order valence-electron chi connectivity index (χ0n) is 12.5. The monoisotopic (exact) mass is 251 g/mol. The fourth-order valence-corrected chi connectivity index (χ4v) is 2.83. The molecule has 3 atom stereocenters. The lowest BCUT2D eigenvalue weighted by atomic mass is 9.69. The highest BCUT2D eigenvalue weighted by molar-refractivity contribution is 4.95. The predicted molar refractivity (Wildman–Crippen MR) is 75.2 cm³/mol. The Morgan fingerprint density at radius 3 is 2.50 bits per heavy atom. The van der Waals surface area contributed by atoms with Crippen LogP contribution in [-0.2, 0) is 4.74 Å². The standard InChI is InChI=1S/C16H29NO/c1-5-6-7-10-18-15-11-14(16(2,3)4)9-8-13(15)12-17/h13-15H,5-11H2,1-4H3. The van der Waals surface area contributed by atoms with Crippen molar-refractivity contribution in [3.8, 4) is 6.07 Å². The lowest BCUT2D eigenvalue weighted by Gasteiger charge is -2.39. The van der Waals surface area contributed by atoms with E-state index in [2.05, 4.69) is 33.8 Å². The number of hydrogen-bond donors (Lipinski definition) is 0. The highest BCUT2D eigenvalue weighted by Gasteiger charge is 2.36. The van der Waals surface area contributed by atoms with Crippen molar-refractivity contribution >= 4 is 0 Å². The van der Waals surface area contributed by atoms with Gasteiger partial charge in [0.15, 0.2) is 0 Å². The SMILES string of the molecule is CCCCCOC1CC(C(C)(C)C)CCC1C#N. The average Bonchev–Trinajstić information content (AvgIpc) is 2.33. The van der Waals surface area contributed by atoms with E-state index in [1.807, 2.05) is 0 Å². The van der Waals surface area contributed by atoms with E-state index >= 15 is 0 Å². The van der Waals surface area contributed by atoms with Gasteiger partial charge in [-0.05, 0) is 37.0 Å². The summed E-state index contributed by atoms with van der Waals surface area (Å²) in [5.41, 5.74) is 0.339. The molecule has 0 aliphatic heterocycles. The zero-order valence-corrected chi connectivity index (χ0v) is 12.5. The topological polar surface area (TPSA) is 33.0 Å². The fourth-order valence-electron chi connectivity index (χ4n) is 2.83. The van der Waals surface area contributed by atoms with Crippen molar-refractivity contribution < 1.29 is 4.74 Å². The molecule has 0 N–H and O–H groups in total. The summed E-state index contributed by atoms with van der Waals surface area (Å²) in [6.07, 6.45) is 7.00. The molecule has 2 nitrogen and oxygen atoms in total. The number of ether oxygens (including phenoxy) is 1. The molecular formula is C16H29NO. The number of nitriles is 1. The highest BCUT2D eigenvalue weighted by Crippen LogP contribution is 2.40. The first-order chi connectivity index (χ1) is 8.49. The minimum atomic E-state index is 0.116. The zero-order chi connectivity index (χ0) is 13.6. The maximum Gasteiger partial charge on any atom is 0.0736 e. The van der Waals surface area contributed by atoms with Crippen LogP contribution in [0.15, 0.2) is 0 Å². The number of rotatable bonds is 5. The third-order valence-electron chi connectivity index (χ3n) is 4.26. The van der Waals surface area contributed by atoms with Gasteiger partial charge in [-0.1, -0.05) is 40.5 Å². The second kappa shape index (κ2) is 7.14. The molecular weight excluding hydrogens is 222 g/mol. The van der Waals surface area contributed by atoms with E-state index in [1.165, 1.54) is 19.3 Å². The Labute approximate surface area is 113 Å². The van der Waals surface area contributed by atoms with E-state index in [0.29, 0.717) is 11.3 Å². The molecule has 0 amide bonds. The maximum absolute atomic E-state index is 9.22. The summed E-state index contributed by atoms with van der Waals surface area (Å²) in [6.45, 7) is 9.94. The van der Waals surface area contributed by atoms with Gasteiger partial charge in [0.2, 0.25) is 0 Å². The molecule has 1 aliphatic rings. The van der Waals surface area contributed by atoms with Crippen molar-refractivity contribution in [1.82, 2.24) is 0 Å². The van der Waals surface area contributed by atoms with Crippen LogP contribution in [0.1, 0.15) is 66.2 Å². The molecule has 1 aliphatic carbocycles. The molecule has 0 aromatic carbocycles. The number of nitrogens with zero attached hydrogens (tertiary/aromatic N) is 1.